The largest absolute Gasteiger partial charge is 0.458 e. The van der Waals surface area contributed by atoms with Crippen LogP contribution in [0.1, 0.15) is 40.5 Å². The van der Waals surface area contributed by atoms with Gasteiger partial charge in [0.05, 0.1) is 12.2 Å². The molecule has 0 aromatic carbocycles. The minimum Gasteiger partial charge on any atom is -0.458 e. The number of carbonyl (C=O) groups excluding carboxylic acids is 1. The molecule has 1 rings (SSSR count). The fraction of sp³-hybridized carbons (Fsp3) is 0.917. The van der Waals surface area contributed by atoms with Gasteiger partial charge >= 0.3 is 5.97 Å². The zero-order valence-corrected chi connectivity index (χ0v) is 10.6. The van der Waals surface area contributed by atoms with Crippen molar-refractivity contribution in [3.63, 3.8) is 0 Å². The molecule has 0 atom stereocenters. The highest BCUT2D eigenvalue weighted by atomic mass is 16.6. The van der Waals surface area contributed by atoms with Gasteiger partial charge in [0, 0.05) is 6.61 Å². The summed E-state index contributed by atoms with van der Waals surface area (Å²) < 4.78 is 15.9. The zero-order valence-electron chi connectivity index (χ0n) is 10.6. The number of esters is 1. The topological polar surface area (TPSA) is 44.8 Å². The maximum atomic E-state index is 11.3. The van der Waals surface area contributed by atoms with Crippen LogP contribution in [0.3, 0.4) is 0 Å². The monoisotopic (exact) mass is 230 g/mol. The lowest BCUT2D eigenvalue weighted by Gasteiger charge is -2.34. The van der Waals surface area contributed by atoms with Gasteiger partial charge in [-0.1, -0.05) is 0 Å². The van der Waals surface area contributed by atoms with Gasteiger partial charge in [0.1, 0.15) is 12.2 Å². The van der Waals surface area contributed by atoms with Crippen molar-refractivity contribution < 1.29 is 19.0 Å². The van der Waals surface area contributed by atoms with Gasteiger partial charge in [-0.25, -0.2) is 4.79 Å². The lowest BCUT2D eigenvalue weighted by molar-refractivity contribution is -0.168. The van der Waals surface area contributed by atoms with Crippen LogP contribution in [-0.4, -0.2) is 37.0 Å². The second-order valence-corrected chi connectivity index (χ2v) is 5.07. The molecule has 0 spiro atoms. The van der Waals surface area contributed by atoms with Crippen LogP contribution in [0.2, 0.25) is 0 Å². The Morgan fingerprint density at radius 2 is 1.75 bits per heavy atom. The third-order valence-electron chi connectivity index (χ3n) is 2.31. The normalized spacial score (nSPS) is 25.0. The van der Waals surface area contributed by atoms with Crippen molar-refractivity contribution in [2.24, 2.45) is 0 Å². The molecule has 0 aromatic heterocycles. The Morgan fingerprint density at radius 3 is 2.25 bits per heavy atom. The zero-order chi connectivity index (χ0) is 12.2. The number of hydrogen-bond acceptors (Lipinski definition) is 4. The van der Waals surface area contributed by atoms with E-state index in [1.54, 1.807) is 0 Å². The van der Waals surface area contributed by atoms with Gasteiger partial charge in [-0.15, -0.1) is 0 Å². The molecule has 0 saturated heterocycles. The van der Waals surface area contributed by atoms with Crippen LogP contribution >= 0.6 is 0 Å². The molecule has 0 unspecified atom stereocenters. The third kappa shape index (κ3) is 4.94. The molecule has 94 valence electrons. The minimum absolute atomic E-state index is 0.0424. The van der Waals surface area contributed by atoms with Crippen molar-refractivity contribution in [2.45, 2.75) is 58.3 Å². The molecule has 0 heterocycles. The molecule has 0 N–H and O–H groups in total. The highest BCUT2D eigenvalue weighted by molar-refractivity contribution is 5.71. The molecule has 4 heteroatoms. The molecule has 0 aliphatic heterocycles. The van der Waals surface area contributed by atoms with E-state index in [0.717, 1.165) is 19.4 Å². The summed E-state index contributed by atoms with van der Waals surface area (Å²) in [5.41, 5.74) is -0.437. The van der Waals surface area contributed by atoms with Crippen LogP contribution in [0.4, 0.5) is 0 Å². The van der Waals surface area contributed by atoms with Gasteiger partial charge in [0.2, 0.25) is 0 Å². The number of rotatable bonds is 5. The van der Waals surface area contributed by atoms with Crippen molar-refractivity contribution in [3.8, 4) is 0 Å². The van der Waals surface area contributed by atoms with Gasteiger partial charge in [-0.2, -0.15) is 0 Å². The van der Waals surface area contributed by atoms with Crippen molar-refractivity contribution in [2.75, 3.05) is 13.2 Å². The van der Waals surface area contributed by atoms with E-state index in [2.05, 4.69) is 0 Å². The first-order valence-electron chi connectivity index (χ1n) is 5.85. The summed E-state index contributed by atoms with van der Waals surface area (Å²) in [5.74, 6) is -0.299. The van der Waals surface area contributed by atoms with Crippen LogP contribution in [0.5, 0.6) is 0 Å². The fourth-order valence-corrected chi connectivity index (χ4v) is 1.58. The predicted molar refractivity (Wildman–Crippen MR) is 60.2 cm³/mol. The van der Waals surface area contributed by atoms with E-state index in [-0.39, 0.29) is 18.7 Å². The number of carbonyl (C=O) groups is 1. The molecule has 16 heavy (non-hydrogen) atoms. The average molecular weight is 230 g/mol. The molecule has 0 bridgehead atoms. The summed E-state index contributed by atoms with van der Waals surface area (Å²) in [4.78, 5) is 11.3. The molecule has 0 radical (unpaired) electrons. The Hall–Kier alpha value is -0.610. The second kappa shape index (κ2) is 5.64. The van der Waals surface area contributed by atoms with Crippen molar-refractivity contribution in [1.29, 1.82) is 0 Å². The molecule has 0 aromatic rings. The van der Waals surface area contributed by atoms with E-state index in [0.29, 0.717) is 6.10 Å². The van der Waals surface area contributed by atoms with Crippen LogP contribution in [0.25, 0.3) is 0 Å². The van der Waals surface area contributed by atoms with Gasteiger partial charge in [0.15, 0.2) is 0 Å². The summed E-state index contributed by atoms with van der Waals surface area (Å²) in [6.07, 6.45) is 2.24. The van der Waals surface area contributed by atoms with E-state index in [9.17, 15) is 4.79 Å². The molecule has 1 aliphatic carbocycles. The summed E-state index contributed by atoms with van der Waals surface area (Å²) in [6.45, 7) is 8.30. The molecule has 4 nitrogen and oxygen atoms in total. The second-order valence-electron chi connectivity index (χ2n) is 5.07. The van der Waals surface area contributed by atoms with Crippen molar-refractivity contribution >= 4 is 5.97 Å². The molecule has 1 saturated carbocycles. The van der Waals surface area contributed by atoms with Gasteiger partial charge in [0.25, 0.3) is 0 Å². The van der Waals surface area contributed by atoms with E-state index in [4.69, 9.17) is 14.2 Å². The minimum atomic E-state index is -0.437. The first kappa shape index (κ1) is 13.5. The lowest BCUT2D eigenvalue weighted by Crippen LogP contribution is -2.39. The quantitative estimate of drug-likeness (QED) is 0.677. The van der Waals surface area contributed by atoms with Gasteiger partial charge in [-0.05, 0) is 40.5 Å². The van der Waals surface area contributed by atoms with Crippen LogP contribution in [0.15, 0.2) is 0 Å². The Labute approximate surface area is 97.2 Å². The lowest BCUT2D eigenvalue weighted by atomic mass is 9.92. The summed E-state index contributed by atoms with van der Waals surface area (Å²) in [7, 11) is 0. The number of ether oxygens (including phenoxy) is 3. The highest BCUT2D eigenvalue weighted by Gasteiger charge is 2.31. The van der Waals surface area contributed by atoms with E-state index in [1.165, 1.54) is 0 Å². The molecule has 1 fully saturated rings. The fourth-order valence-electron chi connectivity index (χ4n) is 1.58. The maximum Gasteiger partial charge on any atom is 0.332 e. The van der Waals surface area contributed by atoms with Crippen LogP contribution < -0.4 is 0 Å². The molecule has 0 amide bonds. The van der Waals surface area contributed by atoms with E-state index >= 15 is 0 Å². The Bertz CT molecular complexity index is 226. The standard InChI is InChI=1S/C12H22O4/c1-5-14-9-6-10(7-9)15-8-11(13)16-12(2,3)4/h9-10H,5-8H2,1-4H3. The Kier molecular flexibility index (Phi) is 4.74. The Morgan fingerprint density at radius 1 is 1.19 bits per heavy atom. The first-order chi connectivity index (χ1) is 7.40. The van der Waals surface area contributed by atoms with E-state index < -0.39 is 5.60 Å². The van der Waals surface area contributed by atoms with Gasteiger partial charge in [-0.3, -0.25) is 0 Å². The van der Waals surface area contributed by atoms with Crippen LogP contribution in [-0.2, 0) is 19.0 Å². The van der Waals surface area contributed by atoms with Crippen molar-refractivity contribution in [1.82, 2.24) is 0 Å². The Balaban J connectivity index is 2.06. The predicted octanol–water partition coefficient (Wildman–Crippen LogP) is 1.91. The SMILES string of the molecule is CCOC1CC(OCC(=O)OC(C)(C)C)C1. The summed E-state index contributed by atoms with van der Waals surface area (Å²) >= 11 is 0. The summed E-state index contributed by atoms with van der Waals surface area (Å²) in [6, 6.07) is 0. The van der Waals surface area contributed by atoms with Crippen LogP contribution in [0, 0.1) is 0 Å². The highest BCUT2D eigenvalue weighted by Crippen LogP contribution is 2.26. The smallest absolute Gasteiger partial charge is 0.332 e. The number of hydrogen-bond donors (Lipinski definition) is 0. The average Bonchev–Trinajstić information content (AvgIpc) is 2.05. The molecular formula is C12H22O4. The van der Waals surface area contributed by atoms with Gasteiger partial charge < -0.3 is 14.2 Å². The first-order valence-corrected chi connectivity index (χ1v) is 5.85. The summed E-state index contributed by atoms with van der Waals surface area (Å²) in [5, 5.41) is 0. The maximum absolute atomic E-state index is 11.3. The molecular weight excluding hydrogens is 208 g/mol. The van der Waals surface area contributed by atoms with E-state index in [1.807, 2.05) is 27.7 Å². The molecule has 1 aliphatic rings. The van der Waals surface area contributed by atoms with Crippen molar-refractivity contribution in [3.05, 3.63) is 0 Å². The third-order valence-corrected chi connectivity index (χ3v) is 2.31.